The van der Waals surface area contributed by atoms with E-state index in [4.69, 9.17) is 4.74 Å². The standard InChI is InChI=1S/C19H32N2O4/c1-18(2,3)25-17(24)21-11-9-19(13-21)8-10-20(12-19)15(16(22)23)14-6-4-5-7-14/h14-15H,4-13H2,1-3H3,(H,22,23)/t15-,19?/m0/s1. The summed E-state index contributed by atoms with van der Waals surface area (Å²) >= 11 is 0. The number of carbonyl (C=O) groups is 2. The van der Waals surface area contributed by atoms with E-state index in [0.717, 1.165) is 51.6 Å². The number of likely N-dealkylation sites (tertiary alicyclic amines) is 2. The zero-order valence-corrected chi connectivity index (χ0v) is 15.8. The Morgan fingerprint density at radius 3 is 2.36 bits per heavy atom. The number of ether oxygens (including phenoxy) is 1. The molecule has 1 saturated carbocycles. The third kappa shape index (κ3) is 4.10. The molecule has 2 heterocycles. The monoisotopic (exact) mass is 352 g/mol. The van der Waals surface area contributed by atoms with Crippen LogP contribution in [0.4, 0.5) is 4.79 Å². The van der Waals surface area contributed by atoms with Crippen LogP contribution in [0.1, 0.15) is 59.3 Å². The van der Waals surface area contributed by atoms with Crippen LogP contribution in [0.2, 0.25) is 0 Å². The Kier molecular flexibility index (Phi) is 5.02. The van der Waals surface area contributed by atoms with E-state index in [2.05, 4.69) is 4.90 Å². The Bertz CT molecular complexity index is 524. The maximum absolute atomic E-state index is 12.3. The van der Waals surface area contributed by atoms with Crippen LogP contribution >= 0.6 is 0 Å². The quantitative estimate of drug-likeness (QED) is 0.845. The topological polar surface area (TPSA) is 70.1 Å². The lowest BCUT2D eigenvalue weighted by Gasteiger charge is -2.31. The van der Waals surface area contributed by atoms with Gasteiger partial charge in [0.2, 0.25) is 0 Å². The second kappa shape index (κ2) is 6.78. The van der Waals surface area contributed by atoms with Gasteiger partial charge in [-0.3, -0.25) is 9.69 Å². The Balaban J connectivity index is 1.62. The molecule has 0 radical (unpaired) electrons. The Labute approximate surface area is 150 Å². The molecule has 2 atom stereocenters. The Morgan fingerprint density at radius 2 is 1.76 bits per heavy atom. The molecular weight excluding hydrogens is 320 g/mol. The van der Waals surface area contributed by atoms with Crippen LogP contribution in [-0.2, 0) is 9.53 Å². The average molecular weight is 352 g/mol. The normalized spacial score (nSPS) is 29.5. The van der Waals surface area contributed by atoms with Gasteiger partial charge in [-0.15, -0.1) is 0 Å². The SMILES string of the molecule is CC(C)(C)OC(=O)N1CCC2(CCN([C@H](C(=O)O)C3CCCC3)C2)C1. The summed E-state index contributed by atoms with van der Waals surface area (Å²) in [6.07, 6.45) is 6.05. The van der Waals surface area contributed by atoms with Crippen LogP contribution in [0.3, 0.4) is 0 Å². The van der Waals surface area contributed by atoms with Gasteiger partial charge in [-0.2, -0.15) is 0 Å². The largest absolute Gasteiger partial charge is 0.480 e. The lowest BCUT2D eigenvalue weighted by atomic mass is 9.86. The molecule has 3 fully saturated rings. The molecule has 1 N–H and O–H groups in total. The summed E-state index contributed by atoms with van der Waals surface area (Å²) in [5.74, 6) is -0.387. The lowest BCUT2D eigenvalue weighted by Crippen LogP contribution is -2.45. The molecule has 25 heavy (non-hydrogen) atoms. The zero-order valence-electron chi connectivity index (χ0n) is 15.8. The van der Waals surface area contributed by atoms with Gasteiger partial charge in [0.05, 0.1) is 0 Å². The minimum Gasteiger partial charge on any atom is -0.480 e. The molecule has 2 aliphatic heterocycles. The van der Waals surface area contributed by atoms with Crippen molar-refractivity contribution in [1.82, 2.24) is 9.80 Å². The highest BCUT2D eigenvalue weighted by molar-refractivity contribution is 5.74. The third-order valence-corrected chi connectivity index (χ3v) is 6.05. The number of amides is 1. The van der Waals surface area contributed by atoms with Gasteiger partial charge >= 0.3 is 12.1 Å². The highest BCUT2D eigenvalue weighted by Crippen LogP contribution is 2.42. The fourth-order valence-corrected chi connectivity index (χ4v) is 4.89. The van der Waals surface area contributed by atoms with E-state index in [1.807, 2.05) is 20.8 Å². The van der Waals surface area contributed by atoms with Gasteiger partial charge in [-0.25, -0.2) is 4.79 Å². The molecular formula is C19H32N2O4. The summed E-state index contributed by atoms with van der Waals surface area (Å²) in [6.45, 7) is 8.67. The number of aliphatic carboxylic acids is 1. The fraction of sp³-hybridized carbons (Fsp3) is 0.895. The molecule has 0 aromatic carbocycles. The summed E-state index contributed by atoms with van der Waals surface area (Å²) in [7, 11) is 0. The number of hydrogen-bond donors (Lipinski definition) is 1. The summed E-state index contributed by atoms with van der Waals surface area (Å²) < 4.78 is 5.50. The lowest BCUT2D eigenvalue weighted by molar-refractivity contribution is -0.145. The van der Waals surface area contributed by atoms with Gasteiger partial charge in [-0.05, 0) is 58.9 Å². The maximum Gasteiger partial charge on any atom is 0.410 e. The highest BCUT2D eigenvalue weighted by Gasteiger charge is 2.49. The number of carboxylic acids is 1. The number of hydrogen-bond acceptors (Lipinski definition) is 4. The molecule has 3 rings (SSSR count). The van der Waals surface area contributed by atoms with Gasteiger partial charge in [0.1, 0.15) is 11.6 Å². The minimum absolute atomic E-state index is 0.0448. The Hall–Kier alpha value is -1.30. The third-order valence-electron chi connectivity index (χ3n) is 6.05. The molecule has 1 aliphatic carbocycles. The van der Waals surface area contributed by atoms with E-state index in [1.165, 1.54) is 0 Å². The number of carboxylic acid groups (broad SMARTS) is 1. The van der Waals surface area contributed by atoms with Crippen molar-refractivity contribution in [3.63, 3.8) is 0 Å². The molecule has 3 aliphatic rings. The van der Waals surface area contributed by atoms with E-state index in [0.29, 0.717) is 13.1 Å². The van der Waals surface area contributed by atoms with Gasteiger partial charge < -0.3 is 14.7 Å². The number of rotatable bonds is 3. The molecule has 1 amide bonds. The van der Waals surface area contributed by atoms with E-state index >= 15 is 0 Å². The van der Waals surface area contributed by atoms with Crippen LogP contribution < -0.4 is 0 Å². The van der Waals surface area contributed by atoms with E-state index in [1.54, 1.807) is 4.90 Å². The summed E-state index contributed by atoms with van der Waals surface area (Å²) in [4.78, 5) is 28.2. The van der Waals surface area contributed by atoms with Crippen LogP contribution in [0.5, 0.6) is 0 Å². The molecule has 142 valence electrons. The molecule has 2 saturated heterocycles. The van der Waals surface area contributed by atoms with Crippen LogP contribution in [0.15, 0.2) is 0 Å². The highest BCUT2D eigenvalue weighted by atomic mass is 16.6. The first-order chi connectivity index (χ1) is 11.7. The number of carbonyl (C=O) groups excluding carboxylic acids is 1. The van der Waals surface area contributed by atoms with Crippen molar-refractivity contribution in [3.8, 4) is 0 Å². The predicted octanol–water partition coefficient (Wildman–Crippen LogP) is 2.96. The molecule has 1 spiro atoms. The van der Waals surface area contributed by atoms with Gasteiger partial charge in [0, 0.05) is 25.0 Å². The molecule has 0 aromatic heterocycles. The zero-order chi connectivity index (χ0) is 18.2. The maximum atomic E-state index is 12.3. The van der Waals surface area contributed by atoms with Gasteiger partial charge in [0.25, 0.3) is 0 Å². The number of nitrogens with zero attached hydrogens (tertiary/aromatic N) is 2. The molecule has 6 heteroatoms. The van der Waals surface area contributed by atoms with Crippen molar-refractivity contribution in [1.29, 1.82) is 0 Å². The van der Waals surface area contributed by atoms with Crippen molar-refractivity contribution >= 4 is 12.1 Å². The van der Waals surface area contributed by atoms with Crippen LogP contribution in [0.25, 0.3) is 0 Å². The second-order valence-corrected chi connectivity index (χ2v) is 9.20. The summed E-state index contributed by atoms with van der Waals surface area (Å²) in [6, 6.07) is -0.350. The average Bonchev–Trinajstić information content (AvgIpc) is 3.20. The Morgan fingerprint density at radius 1 is 1.12 bits per heavy atom. The van der Waals surface area contributed by atoms with Gasteiger partial charge in [-0.1, -0.05) is 12.8 Å². The molecule has 1 unspecified atom stereocenters. The van der Waals surface area contributed by atoms with Crippen LogP contribution in [0, 0.1) is 11.3 Å². The van der Waals surface area contributed by atoms with Crippen molar-refractivity contribution in [2.45, 2.75) is 70.9 Å². The second-order valence-electron chi connectivity index (χ2n) is 9.20. The van der Waals surface area contributed by atoms with Crippen molar-refractivity contribution in [2.24, 2.45) is 11.3 Å². The van der Waals surface area contributed by atoms with Crippen molar-refractivity contribution < 1.29 is 19.4 Å². The van der Waals surface area contributed by atoms with Crippen molar-refractivity contribution in [3.05, 3.63) is 0 Å². The summed E-state index contributed by atoms with van der Waals surface area (Å²) in [5, 5.41) is 9.77. The first kappa shape index (κ1) is 18.5. The molecule has 0 aromatic rings. The molecule has 0 bridgehead atoms. The van der Waals surface area contributed by atoms with Crippen LogP contribution in [-0.4, -0.2) is 64.8 Å². The van der Waals surface area contributed by atoms with Gasteiger partial charge in [0.15, 0.2) is 0 Å². The fourth-order valence-electron chi connectivity index (χ4n) is 4.89. The smallest absolute Gasteiger partial charge is 0.410 e. The first-order valence-electron chi connectivity index (χ1n) is 9.64. The minimum atomic E-state index is -0.675. The molecule has 6 nitrogen and oxygen atoms in total. The van der Waals surface area contributed by atoms with E-state index in [9.17, 15) is 14.7 Å². The van der Waals surface area contributed by atoms with E-state index in [-0.39, 0.29) is 23.5 Å². The summed E-state index contributed by atoms with van der Waals surface area (Å²) in [5.41, 5.74) is -0.436. The van der Waals surface area contributed by atoms with Crippen molar-refractivity contribution in [2.75, 3.05) is 26.2 Å². The predicted molar refractivity (Wildman–Crippen MR) is 94.4 cm³/mol. The van der Waals surface area contributed by atoms with E-state index < -0.39 is 11.6 Å². The first-order valence-corrected chi connectivity index (χ1v) is 9.64.